The summed E-state index contributed by atoms with van der Waals surface area (Å²) in [6.45, 7) is 13.5. The largest absolute Gasteiger partial charge is 3.00 e. The normalized spacial score (nSPS) is 36.0. The van der Waals surface area contributed by atoms with Gasteiger partial charge in [-0.05, 0) is 30.1 Å². The SMILES string of the molecule is CC.CC1CC(C)C(C)C1C.O.[CH3-].[Ir+3].[NH-][C@H]1CCCC[C@@H]1[NH-]. The van der Waals surface area contributed by atoms with Crippen molar-refractivity contribution in [2.45, 2.75) is 85.7 Å². The average molecular weight is 494 g/mol. The molecule has 0 radical (unpaired) electrons. The van der Waals surface area contributed by atoms with Crippen LogP contribution in [0.4, 0.5) is 0 Å². The van der Waals surface area contributed by atoms with Gasteiger partial charge >= 0.3 is 20.1 Å². The Labute approximate surface area is 154 Å². The van der Waals surface area contributed by atoms with Crippen molar-refractivity contribution in [2.75, 3.05) is 0 Å². The summed E-state index contributed by atoms with van der Waals surface area (Å²) < 4.78 is 0. The van der Waals surface area contributed by atoms with E-state index in [1.807, 2.05) is 13.8 Å². The Morgan fingerprint density at radius 3 is 1.14 bits per heavy atom. The zero-order valence-corrected chi connectivity index (χ0v) is 18.2. The molecule has 2 aliphatic carbocycles. The summed E-state index contributed by atoms with van der Waals surface area (Å²) in [6.07, 6.45) is 5.69. The van der Waals surface area contributed by atoms with Gasteiger partial charge in [0.2, 0.25) is 0 Å². The van der Waals surface area contributed by atoms with Gasteiger partial charge in [-0.15, -0.1) is 0 Å². The molecular weight excluding hydrogens is 452 g/mol. The molecular formula is C18H41IrN2O. The zero-order chi connectivity index (χ0) is 15.0. The molecule has 4 heteroatoms. The molecule has 2 saturated carbocycles. The predicted octanol–water partition coefficient (Wildman–Crippen LogP) is 5.99. The minimum Gasteiger partial charge on any atom is -0.676 e. The maximum atomic E-state index is 7.29. The van der Waals surface area contributed by atoms with Crippen molar-refractivity contribution >= 4 is 0 Å². The molecule has 6 atom stereocenters. The molecule has 0 aromatic rings. The van der Waals surface area contributed by atoms with Gasteiger partial charge in [0.05, 0.1) is 0 Å². The summed E-state index contributed by atoms with van der Waals surface area (Å²) in [4.78, 5) is 0. The molecule has 2 aliphatic rings. The Morgan fingerprint density at radius 2 is 1.00 bits per heavy atom. The summed E-state index contributed by atoms with van der Waals surface area (Å²) in [7, 11) is 0. The van der Waals surface area contributed by atoms with Crippen LogP contribution in [-0.2, 0) is 20.1 Å². The second-order valence-corrected chi connectivity index (χ2v) is 6.41. The minimum atomic E-state index is -0.0799. The van der Waals surface area contributed by atoms with Gasteiger partial charge in [0.25, 0.3) is 0 Å². The van der Waals surface area contributed by atoms with Crippen molar-refractivity contribution in [1.82, 2.24) is 0 Å². The fraction of sp³-hybridized carbons (Fsp3) is 0.944. The summed E-state index contributed by atoms with van der Waals surface area (Å²) in [5.41, 5.74) is 14.6. The number of nitrogens with one attached hydrogen (secondary N) is 2. The van der Waals surface area contributed by atoms with Crippen LogP contribution in [-0.4, -0.2) is 17.6 Å². The molecule has 4 unspecified atom stereocenters. The molecule has 0 amide bonds. The molecule has 0 bridgehead atoms. The van der Waals surface area contributed by atoms with Crippen LogP contribution in [0.3, 0.4) is 0 Å². The Bertz CT molecular complexity index is 207. The van der Waals surface area contributed by atoms with Gasteiger partial charge in [0, 0.05) is 0 Å². The van der Waals surface area contributed by atoms with E-state index < -0.39 is 0 Å². The fourth-order valence-corrected chi connectivity index (χ4v) is 3.18. The van der Waals surface area contributed by atoms with E-state index in [9.17, 15) is 0 Å². The Balaban J connectivity index is -0.000000118. The predicted molar refractivity (Wildman–Crippen MR) is 97.3 cm³/mol. The van der Waals surface area contributed by atoms with E-state index in [4.69, 9.17) is 11.5 Å². The first-order valence-electron chi connectivity index (χ1n) is 8.35. The van der Waals surface area contributed by atoms with E-state index in [2.05, 4.69) is 27.7 Å². The molecule has 0 aromatic heterocycles. The van der Waals surface area contributed by atoms with Gasteiger partial charge in [-0.25, -0.2) is 0 Å². The minimum absolute atomic E-state index is 0. The summed E-state index contributed by atoms with van der Waals surface area (Å²) in [5, 5.41) is 0. The molecule has 2 rings (SSSR count). The van der Waals surface area contributed by atoms with Crippen LogP contribution in [0.15, 0.2) is 0 Å². The number of hydrogen-bond donors (Lipinski definition) is 0. The average Bonchev–Trinajstić information content (AvgIpc) is 2.63. The van der Waals surface area contributed by atoms with Gasteiger partial charge < -0.3 is 24.4 Å². The van der Waals surface area contributed by atoms with Crippen LogP contribution >= 0.6 is 0 Å². The topological polar surface area (TPSA) is 79.1 Å². The van der Waals surface area contributed by atoms with E-state index >= 15 is 0 Å². The molecule has 3 nitrogen and oxygen atoms in total. The second-order valence-electron chi connectivity index (χ2n) is 6.41. The summed E-state index contributed by atoms with van der Waals surface area (Å²) in [6, 6.07) is -0.160. The molecule has 138 valence electrons. The van der Waals surface area contributed by atoms with Gasteiger partial charge in [-0.3, -0.25) is 0 Å². The molecule has 0 aliphatic heterocycles. The molecule has 0 aromatic carbocycles. The van der Waals surface area contributed by atoms with Crippen LogP contribution in [0.5, 0.6) is 0 Å². The van der Waals surface area contributed by atoms with Crippen LogP contribution in [0.1, 0.15) is 73.6 Å². The molecule has 0 saturated heterocycles. The van der Waals surface area contributed by atoms with Crippen molar-refractivity contribution in [3.8, 4) is 0 Å². The van der Waals surface area contributed by atoms with Gasteiger partial charge in [-0.1, -0.05) is 67.2 Å². The van der Waals surface area contributed by atoms with E-state index in [-0.39, 0.29) is 45.1 Å². The fourth-order valence-electron chi connectivity index (χ4n) is 3.18. The quantitative estimate of drug-likeness (QED) is 0.372. The number of rotatable bonds is 0. The molecule has 22 heavy (non-hydrogen) atoms. The third-order valence-corrected chi connectivity index (χ3v) is 5.13. The summed E-state index contributed by atoms with van der Waals surface area (Å²) in [5.74, 6) is 3.85. The first-order chi connectivity index (χ1) is 8.93. The van der Waals surface area contributed by atoms with Crippen molar-refractivity contribution in [3.63, 3.8) is 0 Å². The Kier molecular flexibility index (Phi) is 22.7. The van der Waals surface area contributed by atoms with Gasteiger partial charge in [-0.2, -0.15) is 12.1 Å². The zero-order valence-electron chi connectivity index (χ0n) is 15.8. The maximum absolute atomic E-state index is 7.29. The maximum Gasteiger partial charge on any atom is 3.00 e. The first-order valence-corrected chi connectivity index (χ1v) is 8.35. The van der Waals surface area contributed by atoms with Crippen molar-refractivity contribution < 1.29 is 25.6 Å². The van der Waals surface area contributed by atoms with E-state index in [1.54, 1.807) is 0 Å². The van der Waals surface area contributed by atoms with Gasteiger partial charge in [0.15, 0.2) is 0 Å². The molecule has 2 fully saturated rings. The molecule has 4 N–H and O–H groups in total. The third-order valence-electron chi connectivity index (χ3n) is 5.13. The van der Waals surface area contributed by atoms with Gasteiger partial charge in [0.1, 0.15) is 0 Å². The molecule has 0 heterocycles. The third kappa shape index (κ3) is 10.3. The van der Waals surface area contributed by atoms with E-state index in [1.165, 1.54) is 19.3 Å². The smallest absolute Gasteiger partial charge is 0.676 e. The van der Waals surface area contributed by atoms with Crippen molar-refractivity contribution in [2.24, 2.45) is 23.7 Å². The van der Waals surface area contributed by atoms with Crippen LogP contribution in [0.25, 0.3) is 11.5 Å². The van der Waals surface area contributed by atoms with E-state index in [0.717, 1.165) is 36.5 Å². The Morgan fingerprint density at radius 1 is 0.727 bits per heavy atom. The Hall–Kier alpha value is 0.529. The van der Waals surface area contributed by atoms with Crippen LogP contribution < -0.4 is 0 Å². The van der Waals surface area contributed by atoms with Crippen molar-refractivity contribution in [1.29, 1.82) is 0 Å². The van der Waals surface area contributed by atoms with Crippen molar-refractivity contribution in [3.05, 3.63) is 18.9 Å². The van der Waals surface area contributed by atoms with E-state index in [0.29, 0.717) is 0 Å². The second kappa shape index (κ2) is 16.4. The standard InChI is InChI=1S/C9H18.C6H12N2.C2H6.CH3.Ir.H2O/c1-6-5-7(2)9(4)8(6)3;7-5-3-1-2-4-6(5)8;1-2;;;/h6-9H,5H2,1-4H3;5-8H,1-4H2;1-2H3;1H3;;1H2/q;-2;;-1;+3;/t;5-,6-;;;;/m.0..../s1. The molecule has 0 spiro atoms. The number of hydrogen-bond acceptors (Lipinski definition) is 0. The van der Waals surface area contributed by atoms with Crippen LogP contribution in [0.2, 0.25) is 0 Å². The van der Waals surface area contributed by atoms with Crippen LogP contribution in [0, 0.1) is 31.1 Å². The summed E-state index contributed by atoms with van der Waals surface area (Å²) >= 11 is 0. The monoisotopic (exact) mass is 494 g/mol. The first kappa shape index (κ1) is 30.4.